The molecule has 4 rings (SSSR count). The normalized spacial score (nSPS) is 11.8. The smallest absolute Gasteiger partial charge is 0.525 e. The van der Waals surface area contributed by atoms with Crippen LogP contribution in [0.4, 0.5) is 11.6 Å². The summed E-state index contributed by atoms with van der Waals surface area (Å²) in [6.07, 6.45) is 0. The zero-order chi connectivity index (χ0) is 35.6. The van der Waals surface area contributed by atoms with Crippen molar-refractivity contribution >= 4 is 39.4 Å². The molecule has 0 atom stereocenters. The maximum atomic E-state index is 14.0. The molecule has 0 unspecified atom stereocenters. The van der Waals surface area contributed by atoms with Gasteiger partial charge in [-0.2, -0.15) is 0 Å². The van der Waals surface area contributed by atoms with Crippen LogP contribution < -0.4 is 17.9 Å². The van der Waals surface area contributed by atoms with E-state index < -0.39 is 33.5 Å². The van der Waals surface area contributed by atoms with Crippen molar-refractivity contribution in [3.63, 3.8) is 0 Å². The molecule has 0 aliphatic heterocycles. The third-order valence-electron chi connectivity index (χ3n) is 7.20. The first-order valence-corrected chi connectivity index (χ1v) is 17.7. The van der Waals surface area contributed by atoms with Crippen molar-refractivity contribution < 1.29 is 54.1 Å². The Bertz CT molecular complexity index is 1760. The second-order valence-electron chi connectivity index (χ2n) is 10.4. The lowest BCUT2D eigenvalue weighted by Gasteiger charge is -2.24. The molecule has 0 aliphatic carbocycles. The van der Waals surface area contributed by atoms with Crippen molar-refractivity contribution in [1.82, 2.24) is 10.3 Å². The van der Waals surface area contributed by atoms with Crippen LogP contribution in [-0.4, -0.2) is 88.9 Å². The van der Waals surface area contributed by atoms with Crippen LogP contribution in [0.1, 0.15) is 22.6 Å². The standard InChI is InChI=1S/C30H38BN4O12S2/c1-21-23(3)46-32-29(21)34(19-42-17-15-40-5)48(36,37)27-13-9-7-11-25(27)44-31-45-26-12-8-10-14-28(26)49(38,39)35(20-43-18-16-41-6)30-22(2)24(4)47-33-30/h7-14H,15-20H2,1-6H3. The number of hydrogen-bond acceptors (Lipinski definition) is 14. The van der Waals surface area contributed by atoms with E-state index in [0.29, 0.717) is 22.6 Å². The lowest BCUT2D eigenvalue weighted by atomic mass is 10.3. The predicted molar refractivity (Wildman–Crippen MR) is 177 cm³/mol. The van der Waals surface area contributed by atoms with Gasteiger partial charge in [0.15, 0.2) is 11.6 Å². The van der Waals surface area contributed by atoms with Crippen molar-refractivity contribution in [3.05, 3.63) is 71.2 Å². The first-order chi connectivity index (χ1) is 23.4. The summed E-state index contributed by atoms with van der Waals surface area (Å²) in [5, 5.41) is 7.88. The molecule has 0 saturated heterocycles. The highest BCUT2D eigenvalue weighted by Gasteiger charge is 2.34. The summed E-state index contributed by atoms with van der Waals surface area (Å²) in [4.78, 5) is -0.496. The van der Waals surface area contributed by atoms with E-state index in [-0.39, 0.29) is 59.4 Å². The SMILES string of the molecule is COCCOCN(c1noc(C)c1C)S(=O)(=O)c1ccccc1O[B]Oc1ccccc1S(=O)(=O)N(COCCOC)c1noc(C)c1C. The van der Waals surface area contributed by atoms with Gasteiger partial charge in [0, 0.05) is 25.3 Å². The van der Waals surface area contributed by atoms with Gasteiger partial charge in [0.25, 0.3) is 20.0 Å². The van der Waals surface area contributed by atoms with Gasteiger partial charge in [-0.15, -0.1) is 0 Å². The number of methoxy groups -OCH3 is 2. The van der Waals surface area contributed by atoms with Gasteiger partial charge in [0.1, 0.15) is 46.3 Å². The molecule has 0 fully saturated rings. The quantitative estimate of drug-likeness (QED) is 0.0734. The number of ether oxygens (including phenoxy) is 4. The molecule has 0 aliphatic rings. The first-order valence-electron chi connectivity index (χ1n) is 14.8. The van der Waals surface area contributed by atoms with Crippen LogP contribution in [0.5, 0.6) is 11.5 Å². The molecule has 2 aromatic heterocycles. The lowest BCUT2D eigenvalue weighted by Crippen LogP contribution is -2.35. The second-order valence-corrected chi connectivity index (χ2v) is 14.0. The number of rotatable bonds is 20. The van der Waals surface area contributed by atoms with E-state index >= 15 is 0 Å². The molecule has 1 radical (unpaired) electrons. The Morgan fingerprint density at radius 3 is 1.37 bits per heavy atom. The highest BCUT2D eigenvalue weighted by atomic mass is 32.2. The molecular weight excluding hydrogens is 683 g/mol. The average molecular weight is 722 g/mol. The third kappa shape index (κ3) is 8.73. The number of nitrogens with zero attached hydrogens (tertiary/aromatic N) is 4. The van der Waals surface area contributed by atoms with Crippen LogP contribution in [0.2, 0.25) is 0 Å². The first kappa shape index (κ1) is 37.7. The third-order valence-corrected chi connectivity index (χ3v) is 10.7. The minimum Gasteiger partial charge on any atom is -0.525 e. The summed E-state index contributed by atoms with van der Waals surface area (Å²) < 4.78 is 101. The van der Waals surface area contributed by atoms with Crippen molar-refractivity contribution in [2.24, 2.45) is 0 Å². The fourth-order valence-corrected chi connectivity index (χ4v) is 7.17. The summed E-state index contributed by atoms with van der Waals surface area (Å²) in [5.74, 6) is 0.700. The van der Waals surface area contributed by atoms with Crippen LogP contribution in [0.3, 0.4) is 0 Å². The minimum atomic E-state index is -4.36. The van der Waals surface area contributed by atoms with Crippen molar-refractivity contribution in [2.75, 3.05) is 62.7 Å². The zero-order valence-electron chi connectivity index (χ0n) is 27.9. The fraction of sp³-hybridized carbons (Fsp3) is 0.400. The van der Waals surface area contributed by atoms with E-state index in [1.165, 1.54) is 50.6 Å². The molecule has 0 bridgehead atoms. The summed E-state index contributed by atoms with van der Waals surface area (Å²) in [6.45, 7) is 6.59. The second kappa shape index (κ2) is 17.0. The molecule has 0 spiro atoms. The lowest BCUT2D eigenvalue weighted by molar-refractivity contribution is 0.0752. The Morgan fingerprint density at radius 2 is 1.02 bits per heavy atom. The number of sulfonamides is 2. The summed E-state index contributed by atoms with van der Waals surface area (Å²) in [5.41, 5.74) is 0.998. The average Bonchev–Trinajstić information content (AvgIpc) is 3.59. The molecule has 265 valence electrons. The van der Waals surface area contributed by atoms with Gasteiger partial charge in [0.2, 0.25) is 0 Å². The highest BCUT2D eigenvalue weighted by Crippen LogP contribution is 2.34. The van der Waals surface area contributed by atoms with Gasteiger partial charge in [-0.3, -0.25) is 0 Å². The van der Waals surface area contributed by atoms with E-state index in [4.69, 9.17) is 37.3 Å². The van der Waals surface area contributed by atoms with Crippen LogP contribution >= 0.6 is 0 Å². The Kier molecular flexibility index (Phi) is 13.1. The maximum absolute atomic E-state index is 14.0. The van der Waals surface area contributed by atoms with Gasteiger partial charge in [-0.1, -0.05) is 34.6 Å². The van der Waals surface area contributed by atoms with Gasteiger partial charge in [-0.05, 0) is 52.0 Å². The van der Waals surface area contributed by atoms with Gasteiger partial charge in [-0.25, -0.2) is 25.4 Å². The number of hydrogen-bond donors (Lipinski definition) is 0. The summed E-state index contributed by atoms with van der Waals surface area (Å²) in [6, 6.07) is 11.7. The van der Waals surface area contributed by atoms with E-state index in [1.807, 2.05) is 0 Å². The predicted octanol–water partition coefficient (Wildman–Crippen LogP) is 3.52. The maximum Gasteiger partial charge on any atom is 0.658 e. The number of aryl methyl sites for hydroxylation is 2. The van der Waals surface area contributed by atoms with Crippen LogP contribution in [0.15, 0.2) is 67.4 Å². The van der Waals surface area contributed by atoms with Crippen LogP contribution in [-0.2, 0) is 39.0 Å². The largest absolute Gasteiger partial charge is 0.658 e. The highest BCUT2D eigenvalue weighted by molar-refractivity contribution is 7.93. The van der Waals surface area contributed by atoms with Crippen LogP contribution in [0, 0.1) is 27.7 Å². The Balaban J connectivity index is 1.59. The Labute approximate surface area is 286 Å². The molecule has 0 N–H and O–H groups in total. The monoisotopic (exact) mass is 721 g/mol. The van der Waals surface area contributed by atoms with Gasteiger partial charge >= 0.3 is 7.69 Å². The van der Waals surface area contributed by atoms with Crippen molar-refractivity contribution in [2.45, 2.75) is 37.5 Å². The molecule has 49 heavy (non-hydrogen) atoms. The van der Waals surface area contributed by atoms with Gasteiger partial charge in [0.05, 0.1) is 26.4 Å². The summed E-state index contributed by atoms with van der Waals surface area (Å²) >= 11 is 0. The number of anilines is 2. The molecule has 16 nitrogen and oxygen atoms in total. The van der Waals surface area contributed by atoms with Crippen LogP contribution in [0.25, 0.3) is 0 Å². The Hall–Kier alpha value is -4.14. The van der Waals surface area contributed by atoms with Gasteiger partial charge < -0.3 is 37.3 Å². The molecular formula is C30H38BN4O12S2. The molecule has 0 saturated carbocycles. The van der Waals surface area contributed by atoms with E-state index in [9.17, 15) is 16.8 Å². The van der Waals surface area contributed by atoms with E-state index in [0.717, 1.165) is 16.3 Å². The molecule has 0 amide bonds. The molecule has 4 aromatic rings. The van der Waals surface area contributed by atoms with E-state index in [2.05, 4.69) is 10.3 Å². The molecule has 2 aromatic carbocycles. The van der Waals surface area contributed by atoms with E-state index in [1.54, 1.807) is 39.8 Å². The number of aromatic nitrogens is 2. The van der Waals surface area contributed by atoms with Crippen molar-refractivity contribution in [1.29, 1.82) is 0 Å². The molecule has 19 heteroatoms. The number of para-hydroxylation sites is 2. The van der Waals surface area contributed by atoms with Crippen molar-refractivity contribution in [3.8, 4) is 11.5 Å². The molecule has 2 heterocycles. The minimum absolute atomic E-state index is 0.0392. The topological polar surface area (TPSA) is 182 Å². The fourth-order valence-electron chi connectivity index (χ4n) is 4.23. The summed E-state index contributed by atoms with van der Waals surface area (Å²) in [7, 11) is -4.90. The zero-order valence-corrected chi connectivity index (χ0v) is 29.6. The number of benzene rings is 2. The Morgan fingerprint density at radius 1 is 0.633 bits per heavy atom.